The normalized spacial score (nSPS) is 14.6. The summed E-state index contributed by atoms with van der Waals surface area (Å²) in [6, 6.07) is 15.4. The molecule has 4 aromatic rings. The molecule has 0 saturated heterocycles. The van der Waals surface area contributed by atoms with Gasteiger partial charge in [0.2, 0.25) is 6.79 Å². The Morgan fingerprint density at radius 2 is 1.94 bits per heavy atom. The van der Waals surface area contributed by atoms with Crippen molar-refractivity contribution in [3.05, 3.63) is 65.3 Å². The van der Waals surface area contributed by atoms with Crippen molar-refractivity contribution in [2.24, 2.45) is 0 Å². The number of carbonyl (C=O) groups is 1. The molecule has 0 radical (unpaired) electrons. The second kappa shape index (κ2) is 7.21. The Hall–Kier alpha value is -3.72. The molecule has 1 N–H and O–H groups in total. The topological polar surface area (TPSA) is 91.2 Å². The van der Waals surface area contributed by atoms with Gasteiger partial charge in [-0.2, -0.15) is 0 Å². The van der Waals surface area contributed by atoms with Crippen LogP contribution in [0.3, 0.4) is 0 Å². The standard InChI is InChI=1S/C22H17N5O3S/c28-21(19-20(13-6-7-13)27(26-25-19)15-4-2-1-3-5-15)24-22-23-16(11-31-22)14-8-9-17-18(10-14)30-12-29-17/h1-5,8-11,13H,6-7,12H2,(H,23,24,28). The molecule has 9 heteroatoms. The third-order valence-corrected chi connectivity index (χ3v) is 6.04. The summed E-state index contributed by atoms with van der Waals surface area (Å²) in [5.74, 6) is 1.43. The molecule has 3 heterocycles. The highest BCUT2D eigenvalue weighted by Crippen LogP contribution is 2.42. The fourth-order valence-corrected chi connectivity index (χ4v) is 4.32. The molecule has 31 heavy (non-hydrogen) atoms. The minimum atomic E-state index is -0.296. The average molecular weight is 431 g/mol. The Balaban J connectivity index is 1.26. The molecule has 0 atom stereocenters. The summed E-state index contributed by atoms with van der Waals surface area (Å²) in [6.07, 6.45) is 2.07. The van der Waals surface area contributed by atoms with Crippen molar-refractivity contribution in [2.75, 3.05) is 12.1 Å². The molecule has 1 aliphatic heterocycles. The number of para-hydroxylation sites is 1. The zero-order valence-electron chi connectivity index (χ0n) is 16.3. The number of carbonyl (C=O) groups excluding carboxylic acids is 1. The van der Waals surface area contributed by atoms with Crippen LogP contribution in [0.15, 0.2) is 53.9 Å². The van der Waals surface area contributed by atoms with Crippen molar-refractivity contribution in [1.82, 2.24) is 20.0 Å². The lowest BCUT2D eigenvalue weighted by Gasteiger charge is -2.06. The number of nitrogens with one attached hydrogen (secondary N) is 1. The van der Waals surface area contributed by atoms with E-state index < -0.39 is 0 Å². The Kier molecular flexibility index (Phi) is 4.20. The molecule has 2 aromatic carbocycles. The highest BCUT2D eigenvalue weighted by atomic mass is 32.1. The largest absolute Gasteiger partial charge is 0.454 e. The van der Waals surface area contributed by atoms with E-state index >= 15 is 0 Å². The Morgan fingerprint density at radius 1 is 1.10 bits per heavy atom. The first-order valence-corrected chi connectivity index (χ1v) is 10.8. The van der Waals surface area contributed by atoms with Gasteiger partial charge >= 0.3 is 0 Å². The Labute approximate surface area is 181 Å². The average Bonchev–Trinajstić information content (AvgIpc) is 3.19. The second-order valence-electron chi connectivity index (χ2n) is 7.40. The summed E-state index contributed by atoms with van der Waals surface area (Å²) in [7, 11) is 0. The van der Waals surface area contributed by atoms with E-state index in [0.29, 0.717) is 22.5 Å². The van der Waals surface area contributed by atoms with Gasteiger partial charge < -0.3 is 9.47 Å². The quantitative estimate of drug-likeness (QED) is 0.508. The fraction of sp³-hybridized carbons (Fsp3) is 0.182. The fourth-order valence-electron chi connectivity index (χ4n) is 3.61. The van der Waals surface area contributed by atoms with E-state index in [1.807, 2.05) is 53.9 Å². The van der Waals surface area contributed by atoms with Crippen LogP contribution in [-0.2, 0) is 0 Å². The maximum Gasteiger partial charge on any atom is 0.279 e. The molecule has 1 amide bonds. The molecule has 0 bridgehead atoms. The van der Waals surface area contributed by atoms with E-state index in [2.05, 4.69) is 20.6 Å². The van der Waals surface area contributed by atoms with Crippen molar-refractivity contribution in [3.8, 4) is 28.4 Å². The lowest BCUT2D eigenvalue weighted by atomic mass is 10.1. The van der Waals surface area contributed by atoms with Crippen LogP contribution in [-0.4, -0.2) is 32.7 Å². The molecule has 0 unspecified atom stereocenters. The molecule has 2 aromatic heterocycles. The Morgan fingerprint density at radius 3 is 2.77 bits per heavy atom. The summed E-state index contributed by atoms with van der Waals surface area (Å²) < 4.78 is 12.6. The number of nitrogens with zero attached hydrogens (tertiary/aromatic N) is 4. The first-order chi connectivity index (χ1) is 15.3. The zero-order chi connectivity index (χ0) is 20.8. The Bertz CT molecular complexity index is 1280. The van der Waals surface area contributed by atoms with E-state index in [-0.39, 0.29) is 12.7 Å². The van der Waals surface area contributed by atoms with E-state index in [4.69, 9.17) is 9.47 Å². The van der Waals surface area contributed by atoms with E-state index in [1.165, 1.54) is 11.3 Å². The van der Waals surface area contributed by atoms with Gasteiger partial charge in [-0.25, -0.2) is 9.67 Å². The van der Waals surface area contributed by atoms with E-state index in [0.717, 1.165) is 41.2 Å². The first-order valence-electron chi connectivity index (χ1n) is 9.94. The minimum absolute atomic E-state index is 0.226. The molecule has 1 aliphatic carbocycles. The van der Waals surface area contributed by atoms with E-state index in [9.17, 15) is 4.79 Å². The van der Waals surface area contributed by atoms with Crippen LogP contribution in [0.25, 0.3) is 16.9 Å². The summed E-state index contributed by atoms with van der Waals surface area (Å²) in [6.45, 7) is 0.226. The van der Waals surface area contributed by atoms with Gasteiger partial charge in [0, 0.05) is 16.9 Å². The molecular formula is C22H17N5O3S. The van der Waals surface area contributed by atoms with Gasteiger partial charge in [0.1, 0.15) is 0 Å². The number of amides is 1. The van der Waals surface area contributed by atoms with Crippen LogP contribution < -0.4 is 14.8 Å². The first kappa shape index (κ1) is 18.1. The number of hydrogen-bond acceptors (Lipinski definition) is 7. The smallest absolute Gasteiger partial charge is 0.279 e. The molecule has 6 rings (SSSR count). The lowest BCUT2D eigenvalue weighted by Crippen LogP contribution is -2.15. The third kappa shape index (κ3) is 3.32. The second-order valence-corrected chi connectivity index (χ2v) is 8.26. The molecular weight excluding hydrogens is 414 g/mol. The number of rotatable bonds is 5. The monoisotopic (exact) mass is 431 g/mol. The highest BCUT2D eigenvalue weighted by Gasteiger charge is 2.34. The number of benzene rings is 2. The van der Waals surface area contributed by atoms with Crippen LogP contribution in [0.1, 0.15) is 34.9 Å². The van der Waals surface area contributed by atoms with Crippen molar-refractivity contribution in [1.29, 1.82) is 0 Å². The van der Waals surface area contributed by atoms with Crippen molar-refractivity contribution < 1.29 is 14.3 Å². The molecule has 1 saturated carbocycles. The number of hydrogen-bond donors (Lipinski definition) is 1. The van der Waals surface area contributed by atoms with Gasteiger partial charge in [-0.3, -0.25) is 10.1 Å². The van der Waals surface area contributed by atoms with Crippen LogP contribution >= 0.6 is 11.3 Å². The van der Waals surface area contributed by atoms with Crippen LogP contribution in [0.4, 0.5) is 5.13 Å². The lowest BCUT2D eigenvalue weighted by molar-refractivity contribution is 0.102. The van der Waals surface area contributed by atoms with Gasteiger partial charge in [0.05, 0.1) is 17.1 Å². The number of aromatic nitrogens is 4. The predicted molar refractivity (Wildman–Crippen MR) is 115 cm³/mol. The van der Waals surface area contributed by atoms with Crippen LogP contribution in [0.2, 0.25) is 0 Å². The van der Waals surface area contributed by atoms with Gasteiger partial charge in [-0.15, -0.1) is 16.4 Å². The van der Waals surface area contributed by atoms with Crippen molar-refractivity contribution in [3.63, 3.8) is 0 Å². The van der Waals surface area contributed by atoms with Gasteiger partial charge in [-0.05, 0) is 43.2 Å². The summed E-state index contributed by atoms with van der Waals surface area (Å²) in [4.78, 5) is 17.6. The van der Waals surface area contributed by atoms with E-state index in [1.54, 1.807) is 4.68 Å². The summed E-state index contributed by atoms with van der Waals surface area (Å²) >= 11 is 1.36. The van der Waals surface area contributed by atoms with Crippen LogP contribution in [0.5, 0.6) is 11.5 Å². The van der Waals surface area contributed by atoms with Crippen molar-refractivity contribution in [2.45, 2.75) is 18.8 Å². The number of thiazole rings is 1. The summed E-state index contributed by atoms with van der Waals surface area (Å²) in [5.41, 5.74) is 3.77. The zero-order valence-corrected chi connectivity index (χ0v) is 17.1. The SMILES string of the molecule is O=C(Nc1nc(-c2ccc3c(c2)OCO3)cs1)c1nnn(-c2ccccc2)c1C1CC1. The maximum absolute atomic E-state index is 13.0. The molecule has 8 nitrogen and oxygen atoms in total. The molecule has 0 spiro atoms. The van der Waals surface area contributed by atoms with Gasteiger partial charge in [0.25, 0.3) is 5.91 Å². The molecule has 2 aliphatic rings. The minimum Gasteiger partial charge on any atom is -0.454 e. The molecule has 154 valence electrons. The third-order valence-electron chi connectivity index (χ3n) is 5.28. The number of ether oxygens (including phenoxy) is 2. The highest BCUT2D eigenvalue weighted by molar-refractivity contribution is 7.14. The number of fused-ring (bicyclic) bond motifs is 1. The number of anilines is 1. The van der Waals surface area contributed by atoms with Crippen LogP contribution in [0, 0.1) is 0 Å². The molecule has 1 fully saturated rings. The predicted octanol–water partition coefficient (Wildman–Crippen LogP) is 4.25. The summed E-state index contributed by atoms with van der Waals surface area (Å²) in [5, 5.41) is 13.8. The van der Waals surface area contributed by atoms with Crippen molar-refractivity contribution >= 4 is 22.4 Å². The van der Waals surface area contributed by atoms with Gasteiger partial charge in [0.15, 0.2) is 22.3 Å². The maximum atomic E-state index is 13.0. The van der Waals surface area contributed by atoms with Gasteiger partial charge in [-0.1, -0.05) is 23.4 Å².